The van der Waals surface area contributed by atoms with Gasteiger partial charge in [0.05, 0.1) is 0 Å². The van der Waals surface area contributed by atoms with Crippen LogP contribution in [0.25, 0.3) is 0 Å². The molecule has 0 aliphatic rings. The molecule has 14 heavy (non-hydrogen) atoms. The maximum Gasteiger partial charge on any atom is 0.327 e. The first-order chi connectivity index (χ1) is 6.68. The minimum absolute atomic E-state index is 0.773. The summed E-state index contributed by atoms with van der Waals surface area (Å²) in [4.78, 5) is 10.2. The van der Waals surface area contributed by atoms with E-state index in [2.05, 4.69) is 24.3 Å². The molecular weight excluding hydrogens is 176 g/mol. The fourth-order valence-corrected chi connectivity index (χ4v) is 1.19. The van der Waals surface area contributed by atoms with Crippen LogP contribution in [-0.2, 0) is 11.2 Å². The van der Waals surface area contributed by atoms with E-state index in [-0.39, 0.29) is 0 Å². The summed E-state index contributed by atoms with van der Waals surface area (Å²) in [5.74, 6) is -0.881. The van der Waals surface area contributed by atoms with Crippen LogP contribution in [0.2, 0.25) is 0 Å². The highest BCUT2D eigenvalue weighted by molar-refractivity contribution is 5.79. The maximum atomic E-state index is 10.2. The molecule has 1 N–H and O–H groups in total. The molecule has 2 heteroatoms. The average molecular weight is 190 g/mol. The number of carboxylic acids is 1. The van der Waals surface area contributed by atoms with Gasteiger partial charge < -0.3 is 5.11 Å². The van der Waals surface area contributed by atoms with Crippen LogP contribution in [-0.4, -0.2) is 11.1 Å². The summed E-state index contributed by atoms with van der Waals surface area (Å²) in [7, 11) is 0. The Morgan fingerprint density at radius 2 is 2.00 bits per heavy atom. The van der Waals surface area contributed by atoms with Crippen molar-refractivity contribution >= 4 is 5.97 Å². The van der Waals surface area contributed by atoms with Crippen molar-refractivity contribution in [3.8, 4) is 0 Å². The number of hydrogen-bond donors (Lipinski definition) is 1. The van der Waals surface area contributed by atoms with E-state index in [1.165, 1.54) is 17.2 Å². The molecule has 1 aromatic carbocycles. The van der Waals surface area contributed by atoms with Gasteiger partial charge in [0.2, 0.25) is 0 Å². The molecule has 0 saturated heterocycles. The third-order valence-corrected chi connectivity index (χ3v) is 1.98. The molecule has 0 aliphatic heterocycles. The Morgan fingerprint density at radius 3 is 2.57 bits per heavy atom. The highest BCUT2D eigenvalue weighted by Gasteiger charge is 1.91. The van der Waals surface area contributed by atoms with E-state index in [9.17, 15) is 4.79 Å². The highest BCUT2D eigenvalue weighted by atomic mass is 16.4. The van der Waals surface area contributed by atoms with Gasteiger partial charge in [-0.3, -0.25) is 0 Å². The lowest BCUT2D eigenvalue weighted by Gasteiger charge is -1.98. The van der Waals surface area contributed by atoms with Gasteiger partial charge in [0.25, 0.3) is 0 Å². The van der Waals surface area contributed by atoms with Crippen LogP contribution in [0.4, 0.5) is 0 Å². The minimum Gasteiger partial charge on any atom is -0.478 e. The lowest BCUT2D eigenvalue weighted by atomic mass is 10.1. The fraction of sp³-hybridized carbons (Fsp3) is 0.250. The first-order valence-corrected chi connectivity index (χ1v) is 4.63. The molecule has 0 amide bonds. The Morgan fingerprint density at radius 1 is 1.36 bits per heavy atom. The van der Waals surface area contributed by atoms with E-state index in [1.54, 1.807) is 6.08 Å². The van der Waals surface area contributed by atoms with E-state index in [0.717, 1.165) is 12.8 Å². The molecule has 0 fully saturated rings. The Kier molecular flexibility index (Phi) is 3.92. The molecule has 2 nitrogen and oxygen atoms in total. The number of carboxylic acid groups (broad SMARTS) is 1. The van der Waals surface area contributed by atoms with Gasteiger partial charge in [-0.1, -0.05) is 35.9 Å². The van der Waals surface area contributed by atoms with Crippen LogP contribution in [0.5, 0.6) is 0 Å². The van der Waals surface area contributed by atoms with Crippen molar-refractivity contribution in [3.05, 3.63) is 47.5 Å². The first kappa shape index (κ1) is 10.5. The lowest BCUT2D eigenvalue weighted by Crippen LogP contribution is -1.87. The van der Waals surface area contributed by atoms with Crippen molar-refractivity contribution in [2.24, 2.45) is 0 Å². The molecule has 0 aliphatic carbocycles. The molecule has 0 radical (unpaired) electrons. The SMILES string of the molecule is Cc1ccc(CC/C=C/C(=O)O)cc1. The predicted molar refractivity (Wildman–Crippen MR) is 56.3 cm³/mol. The van der Waals surface area contributed by atoms with Crippen LogP contribution in [0.1, 0.15) is 17.5 Å². The summed E-state index contributed by atoms with van der Waals surface area (Å²) in [6, 6.07) is 8.28. The molecular formula is C12H14O2. The number of aliphatic carboxylic acids is 1. The second-order valence-electron chi connectivity index (χ2n) is 3.26. The van der Waals surface area contributed by atoms with Crippen LogP contribution >= 0.6 is 0 Å². The maximum absolute atomic E-state index is 10.2. The number of aryl methyl sites for hydroxylation is 2. The van der Waals surface area contributed by atoms with Crippen LogP contribution in [0.3, 0.4) is 0 Å². The predicted octanol–water partition coefficient (Wildman–Crippen LogP) is 2.57. The van der Waals surface area contributed by atoms with Crippen molar-refractivity contribution in [1.82, 2.24) is 0 Å². The molecule has 0 spiro atoms. The second kappa shape index (κ2) is 5.22. The Labute approximate surface area is 83.9 Å². The Balaban J connectivity index is 2.39. The number of rotatable bonds is 4. The average Bonchev–Trinajstić information content (AvgIpc) is 2.15. The largest absolute Gasteiger partial charge is 0.478 e. The summed E-state index contributed by atoms with van der Waals surface area (Å²) in [5.41, 5.74) is 2.49. The summed E-state index contributed by atoms with van der Waals surface area (Å²) in [6.07, 6.45) is 4.54. The van der Waals surface area contributed by atoms with Crippen molar-refractivity contribution in [3.63, 3.8) is 0 Å². The van der Waals surface area contributed by atoms with Gasteiger partial charge in [0.1, 0.15) is 0 Å². The van der Waals surface area contributed by atoms with Crippen molar-refractivity contribution in [2.75, 3.05) is 0 Å². The second-order valence-corrected chi connectivity index (χ2v) is 3.26. The third kappa shape index (κ3) is 3.90. The molecule has 1 rings (SSSR count). The van der Waals surface area contributed by atoms with Crippen molar-refractivity contribution in [1.29, 1.82) is 0 Å². The lowest BCUT2D eigenvalue weighted by molar-refractivity contribution is -0.131. The zero-order valence-electron chi connectivity index (χ0n) is 8.23. The number of carbonyl (C=O) groups is 1. The molecule has 0 saturated carbocycles. The smallest absolute Gasteiger partial charge is 0.327 e. The summed E-state index contributed by atoms with van der Waals surface area (Å²) < 4.78 is 0. The molecule has 1 aromatic rings. The summed E-state index contributed by atoms with van der Waals surface area (Å²) in [5, 5.41) is 8.36. The van der Waals surface area contributed by atoms with Gasteiger partial charge in [-0.05, 0) is 25.3 Å². The van der Waals surface area contributed by atoms with Gasteiger partial charge in [0.15, 0.2) is 0 Å². The van der Waals surface area contributed by atoms with E-state index in [0.29, 0.717) is 0 Å². The molecule has 0 unspecified atom stereocenters. The van der Waals surface area contributed by atoms with Crippen LogP contribution < -0.4 is 0 Å². The number of benzene rings is 1. The summed E-state index contributed by atoms with van der Waals surface area (Å²) >= 11 is 0. The molecule has 0 heterocycles. The van der Waals surface area contributed by atoms with Gasteiger partial charge in [-0.25, -0.2) is 4.79 Å². The van der Waals surface area contributed by atoms with Crippen molar-refractivity contribution < 1.29 is 9.90 Å². The zero-order valence-corrected chi connectivity index (χ0v) is 8.23. The van der Waals surface area contributed by atoms with Crippen LogP contribution in [0, 0.1) is 6.92 Å². The zero-order chi connectivity index (χ0) is 10.4. The summed E-state index contributed by atoms with van der Waals surface area (Å²) in [6.45, 7) is 2.05. The fourth-order valence-electron chi connectivity index (χ4n) is 1.19. The normalized spacial score (nSPS) is 10.6. The van der Waals surface area contributed by atoms with Gasteiger partial charge in [-0.2, -0.15) is 0 Å². The van der Waals surface area contributed by atoms with Crippen LogP contribution in [0.15, 0.2) is 36.4 Å². The molecule has 0 bridgehead atoms. The van der Waals surface area contributed by atoms with Gasteiger partial charge in [0, 0.05) is 6.08 Å². The third-order valence-electron chi connectivity index (χ3n) is 1.98. The Bertz CT molecular complexity index is 323. The van der Waals surface area contributed by atoms with E-state index in [1.807, 2.05) is 6.92 Å². The standard InChI is InChI=1S/C12H14O2/c1-10-6-8-11(9-7-10)4-2-3-5-12(13)14/h3,5-9H,2,4H2,1H3,(H,13,14)/b5-3+. The topological polar surface area (TPSA) is 37.3 Å². The monoisotopic (exact) mass is 190 g/mol. The Hall–Kier alpha value is -1.57. The first-order valence-electron chi connectivity index (χ1n) is 4.63. The quantitative estimate of drug-likeness (QED) is 0.741. The molecule has 0 atom stereocenters. The number of hydrogen-bond acceptors (Lipinski definition) is 1. The van der Waals surface area contributed by atoms with E-state index < -0.39 is 5.97 Å². The van der Waals surface area contributed by atoms with Gasteiger partial charge >= 0.3 is 5.97 Å². The highest BCUT2D eigenvalue weighted by Crippen LogP contribution is 2.05. The minimum atomic E-state index is -0.881. The number of allylic oxidation sites excluding steroid dienone is 1. The molecule has 74 valence electrons. The van der Waals surface area contributed by atoms with Crippen molar-refractivity contribution in [2.45, 2.75) is 19.8 Å². The van der Waals surface area contributed by atoms with E-state index >= 15 is 0 Å². The molecule has 0 aromatic heterocycles. The van der Waals surface area contributed by atoms with E-state index in [4.69, 9.17) is 5.11 Å². The van der Waals surface area contributed by atoms with Gasteiger partial charge in [-0.15, -0.1) is 0 Å².